The van der Waals surface area contributed by atoms with Crippen molar-refractivity contribution >= 4 is 20.5 Å². The van der Waals surface area contributed by atoms with Crippen molar-refractivity contribution in [2.45, 2.75) is 25.9 Å². The van der Waals surface area contributed by atoms with Crippen molar-refractivity contribution in [3.05, 3.63) is 60.2 Å². The lowest BCUT2D eigenvalue weighted by atomic mass is 10.3. The van der Waals surface area contributed by atoms with Gasteiger partial charge >= 0.3 is 20.5 Å². The van der Waals surface area contributed by atoms with Crippen molar-refractivity contribution in [3.63, 3.8) is 0 Å². The molecule has 0 unspecified atom stereocenters. The van der Waals surface area contributed by atoms with Gasteiger partial charge in [-0.25, -0.2) is 0 Å². The highest BCUT2D eigenvalue weighted by Crippen LogP contribution is 2.10. The first kappa shape index (κ1) is 16.8. The molecule has 2 aromatic heterocycles. The number of nitrogens with zero attached hydrogens (tertiary/aromatic N) is 2. The normalized spacial score (nSPS) is 10.9. The van der Waals surface area contributed by atoms with Gasteiger partial charge in [0.2, 0.25) is 0 Å². The van der Waals surface area contributed by atoms with Crippen LogP contribution in [-0.2, 0) is 31.3 Å². The summed E-state index contributed by atoms with van der Waals surface area (Å²) >= 11 is 0. The molecule has 0 saturated heterocycles. The van der Waals surface area contributed by atoms with Crippen LogP contribution >= 0.6 is 0 Å². The smallest absolute Gasteiger partial charge is 0.457 e. The summed E-state index contributed by atoms with van der Waals surface area (Å²) in [4.78, 5) is 32.0. The Morgan fingerprint density at radius 2 is 1.30 bits per heavy atom. The SMILES string of the molecule is C[Si](C)(OC(=O)Cc1ccccn1)OC(=O)Cc1ccccn1. The first-order chi connectivity index (χ1) is 10.9. The van der Waals surface area contributed by atoms with Gasteiger partial charge in [0, 0.05) is 25.5 Å². The molecule has 2 rings (SSSR count). The van der Waals surface area contributed by atoms with E-state index in [4.69, 9.17) is 8.85 Å². The number of hydrogen-bond donors (Lipinski definition) is 0. The minimum atomic E-state index is -2.89. The lowest BCUT2D eigenvalue weighted by Crippen LogP contribution is -2.40. The molecular weight excluding hydrogens is 312 g/mol. The molecule has 0 aromatic carbocycles. The average Bonchev–Trinajstić information content (AvgIpc) is 2.47. The van der Waals surface area contributed by atoms with E-state index in [2.05, 4.69) is 9.97 Å². The van der Waals surface area contributed by atoms with Crippen LogP contribution in [0.15, 0.2) is 48.8 Å². The second kappa shape index (κ2) is 7.64. The van der Waals surface area contributed by atoms with E-state index in [9.17, 15) is 9.59 Å². The second-order valence-electron chi connectivity index (χ2n) is 5.34. The maximum absolute atomic E-state index is 11.9. The van der Waals surface area contributed by atoms with Gasteiger partial charge in [0.15, 0.2) is 0 Å². The fraction of sp³-hybridized carbons (Fsp3) is 0.250. The largest absolute Gasteiger partial charge is 0.485 e. The van der Waals surface area contributed by atoms with E-state index in [1.807, 2.05) is 0 Å². The van der Waals surface area contributed by atoms with Gasteiger partial charge in [0.25, 0.3) is 0 Å². The zero-order valence-electron chi connectivity index (χ0n) is 13.1. The third kappa shape index (κ3) is 5.99. The molecule has 0 aliphatic carbocycles. The van der Waals surface area contributed by atoms with Gasteiger partial charge in [0.05, 0.1) is 24.2 Å². The first-order valence-electron chi connectivity index (χ1n) is 7.18. The molecule has 0 N–H and O–H groups in total. The zero-order valence-corrected chi connectivity index (χ0v) is 14.1. The summed E-state index contributed by atoms with van der Waals surface area (Å²) in [6, 6.07) is 10.6. The minimum Gasteiger partial charge on any atom is -0.485 e. The van der Waals surface area contributed by atoms with Crippen LogP contribution in [0.1, 0.15) is 11.4 Å². The quantitative estimate of drug-likeness (QED) is 0.754. The fourth-order valence-electron chi connectivity index (χ4n) is 1.94. The number of hydrogen-bond acceptors (Lipinski definition) is 6. The Balaban J connectivity index is 1.85. The van der Waals surface area contributed by atoms with Gasteiger partial charge in [0.1, 0.15) is 0 Å². The summed E-state index contributed by atoms with van der Waals surface area (Å²) in [5.74, 6) is -0.906. The number of pyridine rings is 2. The van der Waals surface area contributed by atoms with Crippen LogP contribution in [0.25, 0.3) is 0 Å². The average molecular weight is 330 g/mol. The highest BCUT2D eigenvalue weighted by molar-refractivity contribution is 6.67. The zero-order chi connectivity index (χ0) is 16.7. The van der Waals surface area contributed by atoms with Gasteiger partial charge in [-0.3, -0.25) is 19.6 Å². The van der Waals surface area contributed by atoms with E-state index in [1.165, 1.54) is 0 Å². The van der Waals surface area contributed by atoms with Crippen LogP contribution in [0.4, 0.5) is 0 Å². The van der Waals surface area contributed by atoms with Crippen molar-refractivity contribution in [2.24, 2.45) is 0 Å². The minimum absolute atomic E-state index is 0.0507. The summed E-state index contributed by atoms with van der Waals surface area (Å²) in [6.07, 6.45) is 3.32. The number of carbonyl (C=O) groups excluding carboxylic acids is 2. The highest BCUT2D eigenvalue weighted by atomic mass is 28.4. The predicted octanol–water partition coefficient (Wildman–Crippen LogP) is 2.05. The van der Waals surface area contributed by atoms with Crippen LogP contribution < -0.4 is 0 Å². The third-order valence-corrected chi connectivity index (χ3v) is 4.26. The first-order valence-corrected chi connectivity index (χ1v) is 10.00. The van der Waals surface area contributed by atoms with Crippen LogP contribution in [-0.4, -0.2) is 30.5 Å². The molecule has 23 heavy (non-hydrogen) atoms. The van der Waals surface area contributed by atoms with Crippen LogP contribution in [0.5, 0.6) is 0 Å². The van der Waals surface area contributed by atoms with Gasteiger partial charge in [-0.2, -0.15) is 0 Å². The van der Waals surface area contributed by atoms with Crippen molar-refractivity contribution in [3.8, 4) is 0 Å². The fourth-order valence-corrected chi connectivity index (χ4v) is 3.23. The molecule has 6 nitrogen and oxygen atoms in total. The summed E-state index contributed by atoms with van der Waals surface area (Å²) in [7, 11) is -2.89. The van der Waals surface area contributed by atoms with Gasteiger partial charge in [-0.15, -0.1) is 0 Å². The summed E-state index contributed by atoms with van der Waals surface area (Å²) < 4.78 is 10.7. The van der Waals surface area contributed by atoms with Gasteiger partial charge in [-0.05, 0) is 24.3 Å². The second-order valence-corrected chi connectivity index (χ2v) is 8.55. The Hall–Kier alpha value is -2.54. The Morgan fingerprint density at radius 3 is 1.65 bits per heavy atom. The molecule has 0 amide bonds. The maximum Gasteiger partial charge on any atom is 0.457 e. The molecule has 0 aliphatic rings. The summed E-state index contributed by atoms with van der Waals surface area (Å²) in [5, 5.41) is 0. The Kier molecular flexibility index (Phi) is 5.59. The molecule has 120 valence electrons. The summed E-state index contributed by atoms with van der Waals surface area (Å²) in [6.45, 7) is 3.30. The van der Waals surface area contributed by atoms with Crippen molar-refractivity contribution in [2.75, 3.05) is 0 Å². The van der Waals surface area contributed by atoms with Crippen LogP contribution in [0.3, 0.4) is 0 Å². The molecule has 0 bridgehead atoms. The van der Waals surface area contributed by atoms with E-state index in [0.717, 1.165) is 0 Å². The van der Waals surface area contributed by atoms with Crippen LogP contribution in [0.2, 0.25) is 13.1 Å². The Labute approximate surface area is 135 Å². The molecule has 0 aliphatic heterocycles. The summed E-state index contributed by atoms with van der Waals surface area (Å²) in [5.41, 5.74) is 1.23. The lowest BCUT2D eigenvalue weighted by Gasteiger charge is -2.22. The molecule has 7 heteroatoms. The third-order valence-electron chi connectivity index (χ3n) is 2.82. The molecule has 2 aromatic rings. The van der Waals surface area contributed by atoms with E-state index < -0.39 is 20.5 Å². The monoisotopic (exact) mass is 330 g/mol. The predicted molar refractivity (Wildman–Crippen MR) is 85.5 cm³/mol. The molecule has 0 fully saturated rings. The van der Waals surface area contributed by atoms with Crippen molar-refractivity contribution in [1.29, 1.82) is 0 Å². The molecule has 2 heterocycles. The molecule has 0 radical (unpaired) electrons. The van der Waals surface area contributed by atoms with E-state index in [1.54, 1.807) is 61.9 Å². The van der Waals surface area contributed by atoms with Gasteiger partial charge in [-0.1, -0.05) is 12.1 Å². The van der Waals surface area contributed by atoms with Crippen molar-refractivity contribution in [1.82, 2.24) is 9.97 Å². The standard InChI is InChI=1S/C16H18N2O4Si/c1-23(2,21-15(19)11-13-7-3-5-9-17-13)22-16(20)12-14-8-4-6-10-18-14/h3-10H,11-12H2,1-2H3. The van der Waals surface area contributed by atoms with Crippen LogP contribution in [0, 0.1) is 0 Å². The lowest BCUT2D eigenvalue weighted by molar-refractivity contribution is -0.140. The maximum atomic E-state index is 11.9. The topological polar surface area (TPSA) is 78.4 Å². The molecular formula is C16H18N2O4Si. The highest BCUT2D eigenvalue weighted by Gasteiger charge is 2.33. The molecule has 0 atom stereocenters. The number of rotatable bonds is 6. The van der Waals surface area contributed by atoms with E-state index in [0.29, 0.717) is 11.4 Å². The number of carbonyl (C=O) groups is 2. The molecule has 0 spiro atoms. The Morgan fingerprint density at radius 1 is 0.870 bits per heavy atom. The van der Waals surface area contributed by atoms with Crippen molar-refractivity contribution < 1.29 is 18.4 Å². The van der Waals surface area contributed by atoms with Gasteiger partial charge < -0.3 is 8.85 Å². The number of aromatic nitrogens is 2. The Bertz CT molecular complexity index is 605. The van der Waals surface area contributed by atoms with E-state index >= 15 is 0 Å². The van der Waals surface area contributed by atoms with E-state index in [-0.39, 0.29) is 12.8 Å². The molecule has 0 saturated carbocycles.